The molecule has 0 spiro atoms. The van der Waals surface area contributed by atoms with Crippen LogP contribution in [0.1, 0.15) is 21.6 Å². The minimum atomic E-state index is 0.128. The summed E-state index contributed by atoms with van der Waals surface area (Å²) in [5.74, 6) is 1.51. The van der Waals surface area contributed by atoms with Crippen LogP contribution in [0.4, 0.5) is 0 Å². The maximum absolute atomic E-state index is 5.47. The predicted octanol–water partition coefficient (Wildman–Crippen LogP) is 4.09. The molecule has 1 unspecified atom stereocenters. The van der Waals surface area contributed by atoms with E-state index in [1.807, 2.05) is 31.3 Å². The molecule has 1 aromatic heterocycles. The average molecular weight is 336 g/mol. The highest BCUT2D eigenvalue weighted by Gasteiger charge is 2.17. The third kappa shape index (κ3) is 3.31. The van der Waals surface area contributed by atoms with Crippen LogP contribution in [0.2, 0.25) is 0 Å². The molecule has 0 aliphatic heterocycles. The maximum Gasteiger partial charge on any atom is 0.165 e. The Labute approximate surface area is 128 Å². The van der Waals surface area contributed by atoms with E-state index in [1.165, 1.54) is 5.56 Å². The number of pyridine rings is 1. The number of benzene rings is 1. The lowest BCUT2D eigenvalue weighted by molar-refractivity contribution is 0.351. The Morgan fingerprint density at radius 1 is 1.15 bits per heavy atom. The first-order valence-corrected chi connectivity index (χ1v) is 7.33. The van der Waals surface area contributed by atoms with Gasteiger partial charge in [0.05, 0.1) is 14.2 Å². The largest absolute Gasteiger partial charge is 0.493 e. The van der Waals surface area contributed by atoms with Crippen molar-refractivity contribution in [2.45, 2.75) is 18.2 Å². The second kappa shape index (κ2) is 6.75. The van der Waals surface area contributed by atoms with Crippen LogP contribution in [0.25, 0.3) is 0 Å². The highest BCUT2D eigenvalue weighted by atomic mass is 79.9. The second-order valence-electron chi connectivity index (χ2n) is 4.58. The van der Waals surface area contributed by atoms with Crippen LogP contribution >= 0.6 is 15.9 Å². The van der Waals surface area contributed by atoms with Crippen molar-refractivity contribution in [2.24, 2.45) is 0 Å². The van der Waals surface area contributed by atoms with E-state index < -0.39 is 0 Å². The maximum atomic E-state index is 5.47. The molecule has 1 atom stereocenters. The third-order valence-corrected chi connectivity index (χ3v) is 3.95. The minimum Gasteiger partial charge on any atom is -0.493 e. The molecule has 0 amide bonds. The van der Waals surface area contributed by atoms with E-state index in [9.17, 15) is 0 Å². The van der Waals surface area contributed by atoms with Gasteiger partial charge in [0.25, 0.3) is 0 Å². The van der Waals surface area contributed by atoms with E-state index in [1.54, 1.807) is 14.2 Å². The highest BCUT2D eigenvalue weighted by Crippen LogP contribution is 2.39. The van der Waals surface area contributed by atoms with Crippen molar-refractivity contribution in [2.75, 3.05) is 14.2 Å². The lowest BCUT2D eigenvalue weighted by atomic mass is 10.1. The summed E-state index contributed by atoms with van der Waals surface area (Å²) in [6.45, 7) is 2.04. The lowest BCUT2D eigenvalue weighted by Gasteiger charge is -2.16. The fraction of sp³-hybridized carbons (Fsp3) is 0.312. The van der Waals surface area contributed by atoms with Crippen molar-refractivity contribution < 1.29 is 9.47 Å². The van der Waals surface area contributed by atoms with Gasteiger partial charge in [-0.15, -0.1) is 0 Å². The summed E-state index contributed by atoms with van der Waals surface area (Å²) in [5.41, 5.74) is 3.27. The van der Waals surface area contributed by atoms with Crippen LogP contribution in [0.5, 0.6) is 11.5 Å². The third-order valence-electron chi connectivity index (χ3n) is 3.13. The summed E-state index contributed by atoms with van der Waals surface area (Å²) >= 11 is 3.72. The highest BCUT2D eigenvalue weighted by molar-refractivity contribution is 9.09. The van der Waals surface area contributed by atoms with Gasteiger partial charge in [0.15, 0.2) is 11.5 Å². The van der Waals surface area contributed by atoms with Crippen molar-refractivity contribution >= 4 is 15.9 Å². The van der Waals surface area contributed by atoms with E-state index >= 15 is 0 Å². The SMILES string of the molecule is COc1cccc(C(Br)Cc2ccc(C)cn2)c1OC. The number of aromatic nitrogens is 1. The topological polar surface area (TPSA) is 31.4 Å². The minimum absolute atomic E-state index is 0.128. The Morgan fingerprint density at radius 3 is 2.55 bits per heavy atom. The fourth-order valence-corrected chi connectivity index (χ4v) is 2.76. The molecule has 0 saturated heterocycles. The molecule has 1 aromatic carbocycles. The van der Waals surface area contributed by atoms with Gasteiger partial charge in [0, 0.05) is 28.7 Å². The Kier molecular flexibility index (Phi) is 5.01. The Bertz CT molecular complexity index is 569. The van der Waals surface area contributed by atoms with Crippen molar-refractivity contribution in [1.29, 1.82) is 0 Å². The van der Waals surface area contributed by atoms with Crippen LogP contribution in [0.15, 0.2) is 36.5 Å². The number of alkyl halides is 1. The molecule has 2 rings (SSSR count). The van der Waals surface area contributed by atoms with Crippen molar-refractivity contribution in [3.05, 3.63) is 53.3 Å². The molecule has 106 valence electrons. The Hall–Kier alpha value is -1.55. The Morgan fingerprint density at radius 2 is 1.95 bits per heavy atom. The van der Waals surface area contributed by atoms with E-state index in [0.29, 0.717) is 0 Å². The van der Waals surface area contributed by atoms with Crippen LogP contribution in [-0.4, -0.2) is 19.2 Å². The number of hydrogen-bond donors (Lipinski definition) is 0. The molecule has 0 aliphatic rings. The quantitative estimate of drug-likeness (QED) is 0.771. The molecule has 0 N–H and O–H groups in total. The molecule has 0 saturated carbocycles. The molecule has 4 heteroatoms. The summed E-state index contributed by atoms with van der Waals surface area (Å²) in [6.07, 6.45) is 2.68. The number of ether oxygens (including phenoxy) is 2. The standard InChI is InChI=1S/C16H18BrNO2/c1-11-7-8-12(18-10-11)9-14(17)13-5-4-6-15(19-2)16(13)20-3/h4-8,10,14H,9H2,1-3H3. The predicted molar refractivity (Wildman–Crippen MR) is 83.9 cm³/mol. The zero-order chi connectivity index (χ0) is 14.5. The number of rotatable bonds is 5. The summed E-state index contributed by atoms with van der Waals surface area (Å²) in [5, 5.41) is 0. The molecule has 0 bridgehead atoms. The normalized spacial score (nSPS) is 12.0. The van der Waals surface area contributed by atoms with E-state index in [2.05, 4.69) is 33.0 Å². The van der Waals surface area contributed by atoms with Gasteiger partial charge in [0.2, 0.25) is 0 Å². The van der Waals surface area contributed by atoms with Gasteiger partial charge in [0.1, 0.15) is 0 Å². The fourth-order valence-electron chi connectivity index (χ4n) is 2.07. The summed E-state index contributed by atoms with van der Waals surface area (Å²) in [6, 6.07) is 10.0. The van der Waals surface area contributed by atoms with Gasteiger partial charge < -0.3 is 9.47 Å². The molecule has 1 heterocycles. The summed E-state index contributed by atoms with van der Waals surface area (Å²) in [7, 11) is 3.30. The zero-order valence-electron chi connectivity index (χ0n) is 11.9. The molecule has 0 radical (unpaired) electrons. The van der Waals surface area contributed by atoms with Crippen LogP contribution in [0.3, 0.4) is 0 Å². The first kappa shape index (κ1) is 14.9. The first-order valence-electron chi connectivity index (χ1n) is 6.42. The summed E-state index contributed by atoms with van der Waals surface area (Å²) in [4.78, 5) is 4.57. The van der Waals surface area contributed by atoms with Gasteiger partial charge in [-0.2, -0.15) is 0 Å². The number of para-hydroxylation sites is 1. The number of nitrogens with zero attached hydrogens (tertiary/aromatic N) is 1. The number of methoxy groups -OCH3 is 2. The van der Waals surface area contributed by atoms with Gasteiger partial charge in [-0.3, -0.25) is 4.98 Å². The lowest BCUT2D eigenvalue weighted by Crippen LogP contribution is -2.02. The van der Waals surface area contributed by atoms with E-state index in [-0.39, 0.29) is 4.83 Å². The number of halogens is 1. The van der Waals surface area contributed by atoms with Gasteiger partial charge >= 0.3 is 0 Å². The smallest absolute Gasteiger partial charge is 0.165 e. The van der Waals surface area contributed by atoms with Crippen molar-refractivity contribution in [1.82, 2.24) is 4.98 Å². The number of hydrogen-bond acceptors (Lipinski definition) is 3. The van der Waals surface area contributed by atoms with Gasteiger partial charge in [-0.25, -0.2) is 0 Å². The molecule has 0 fully saturated rings. The first-order chi connectivity index (χ1) is 9.65. The summed E-state index contributed by atoms with van der Waals surface area (Å²) < 4.78 is 10.8. The van der Waals surface area contributed by atoms with Gasteiger partial charge in [-0.1, -0.05) is 34.1 Å². The zero-order valence-corrected chi connectivity index (χ0v) is 13.5. The monoisotopic (exact) mass is 335 g/mol. The van der Waals surface area contributed by atoms with E-state index in [0.717, 1.165) is 29.2 Å². The van der Waals surface area contributed by atoms with Crippen LogP contribution in [-0.2, 0) is 6.42 Å². The Balaban J connectivity index is 2.24. The second-order valence-corrected chi connectivity index (χ2v) is 5.69. The molecular weight excluding hydrogens is 318 g/mol. The van der Waals surface area contributed by atoms with Gasteiger partial charge in [-0.05, 0) is 24.6 Å². The number of aryl methyl sites for hydroxylation is 1. The van der Waals surface area contributed by atoms with Crippen LogP contribution < -0.4 is 9.47 Å². The molecular formula is C16H18BrNO2. The molecule has 2 aromatic rings. The average Bonchev–Trinajstić information content (AvgIpc) is 2.48. The molecule has 3 nitrogen and oxygen atoms in total. The molecule has 0 aliphatic carbocycles. The van der Waals surface area contributed by atoms with Crippen LogP contribution in [0, 0.1) is 6.92 Å². The van der Waals surface area contributed by atoms with E-state index in [4.69, 9.17) is 9.47 Å². The molecule has 20 heavy (non-hydrogen) atoms. The van der Waals surface area contributed by atoms with Crippen molar-refractivity contribution in [3.63, 3.8) is 0 Å². The van der Waals surface area contributed by atoms with Crippen molar-refractivity contribution in [3.8, 4) is 11.5 Å².